The zero-order valence-corrected chi connectivity index (χ0v) is 8.76. The highest BCUT2D eigenvalue weighted by atomic mass is 19.3. The maximum Gasteiger partial charge on any atom is 0.264 e. The Morgan fingerprint density at radius 1 is 1.40 bits per heavy atom. The van der Waals surface area contributed by atoms with Crippen LogP contribution in [-0.4, -0.2) is 20.2 Å². The molecule has 0 radical (unpaired) electrons. The first-order valence-electron chi connectivity index (χ1n) is 4.86. The second-order valence-corrected chi connectivity index (χ2v) is 3.75. The van der Waals surface area contributed by atoms with E-state index in [0.717, 1.165) is 12.2 Å². The first-order chi connectivity index (χ1) is 7.09. The summed E-state index contributed by atoms with van der Waals surface area (Å²) in [6.45, 7) is 3.02. The smallest absolute Gasteiger partial charge is 0.264 e. The summed E-state index contributed by atoms with van der Waals surface area (Å²) in [6.07, 6.45) is -2.43. The van der Waals surface area contributed by atoms with Crippen molar-refractivity contribution in [3.05, 3.63) is 23.3 Å². The van der Waals surface area contributed by atoms with Crippen molar-refractivity contribution in [2.75, 3.05) is 25.1 Å². The minimum absolute atomic E-state index is 0.0890. The van der Waals surface area contributed by atoms with Crippen molar-refractivity contribution in [1.29, 1.82) is 0 Å². The fraction of sp³-hybridized carbons (Fsp3) is 0.455. The summed E-state index contributed by atoms with van der Waals surface area (Å²) in [5.41, 5.74) is 1.42. The molecular formula is C11H13F2NO. The van der Waals surface area contributed by atoms with E-state index in [1.165, 1.54) is 6.07 Å². The number of hydrogen-bond acceptors (Lipinski definition) is 2. The van der Waals surface area contributed by atoms with Crippen LogP contribution in [0.2, 0.25) is 0 Å². The van der Waals surface area contributed by atoms with Crippen LogP contribution in [0.5, 0.6) is 5.75 Å². The molecule has 2 nitrogen and oxygen atoms in total. The fourth-order valence-corrected chi connectivity index (χ4v) is 1.75. The molecule has 1 aliphatic rings. The number of ether oxygens (including phenoxy) is 1. The van der Waals surface area contributed by atoms with Crippen LogP contribution in [-0.2, 0) is 0 Å². The highest BCUT2D eigenvalue weighted by Gasteiger charge is 2.20. The number of rotatable bonds is 1. The van der Waals surface area contributed by atoms with Gasteiger partial charge in [0.05, 0.1) is 12.2 Å². The van der Waals surface area contributed by atoms with Crippen LogP contribution >= 0.6 is 0 Å². The molecule has 0 spiro atoms. The van der Waals surface area contributed by atoms with Crippen molar-refractivity contribution in [3.63, 3.8) is 0 Å². The molecule has 15 heavy (non-hydrogen) atoms. The van der Waals surface area contributed by atoms with Crippen LogP contribution in [0.1, 0.15) is 17.6 Å². The number of aryl methyl sites for hydroxylation is 1. The number of nitrogens with zero attached hydrogens (tertiary/aromatic N) is 1. The summed E-state index contributed by atoms with van der Waals surface area (Å²) < 4.78 is 30.8. The van der Waals surface area contributed by atoms with Gasteiger partial charge in [-0.15, -0.1) is 0 Å². The maximum absolute atomic E-state index is 12.7. The molecule has 1 heterocycles. The van der Waals surface area contributed by atoms with E-state index < -0.39 is 6.43 Å². The van der Waals surface area contributed by atoms with Crippen molar-refractivity contribution in [2.24, 2.45) is 0 Å². The molecule has 0 aromatic heterocycles. The standard InChI is InChI=1S/C11H13F2NO/c1-7-5-10-9(6-8(7)11(12)13)14(2)3-4-15-10/h5-6,11H,3-4H2,1-2H3. The van der Waals surface area contributed by atoms with Crippen LogP contribution in [0.25, 0.3) is 0 Å². The Morgan fingerprint density at radius 3 is 2.80 bits per heavy atom. The first kappa shape index (κ1) is 10.2. The zero-order chi connectivity index (χ0) is 11.0. The molecule has 0 unspecified atom stereocenters. The monoisotopic (exact) mass is 213 g/mol. The SMILES string of the molecule is Cc1cc2c(cc1C(F)F)N(C)CCO2. The Kier molecular flexibility index (Phi) is 2.50. The highest BCUT2D eigenvalue weighted by molar-refractivity contribution is 5.62. The van der Waals surface area contributed by atoms with Crippen LogP contribution in [0.3, 0.4) is 0 Å². The largest absolute Gasteiger partial charge is 0.490 e. The van der Waals surface area contributed by atoms with E-state index in [2.05, 4.69) is 0 Å². The van der Waals surface area contributed by atoms with Gasteiger partial charge in [0, 0.05) is 12.6 Å². The number of likely N-dealkylation sites (N-methyl/N-ethyl adjacent to an activating group) is 1. The molecule has 0 saturated heterocycles. The Morgan fingerprint density at radius 2 is 2.13 bits per heavy atom. The van der Waals surface area contributed by atoms with E-state index in [4.69, 9.17) is 4.74 Å². The summed E-state index contributed by atoms with van der Waals surface area (Å²) in [5, 5.41) is 0. The van der Waals surface area contributed by atoms with E-state index in [1.54, 1.807) is 13.0 Å². The van der Waals surface area contributed by atoms with Gasteiger partial charge in [0.2, 0.25) is 0 Å². The Labute approximate surface area is 87.5 Å². The van der Waals surface area contributed by atoms with Crippen molar-refractivity contribution in [1.82, 2.24) is 0 Å². The number of alkyl halides is 2. The van der Waals surface area contributed by atoms with Gasteiger partial charge in [-0.05, 0) is 24.6 Å². The first-order valence-corrected chi connectivity index (χ1v) is 4.86. The Hall–Kier alpha value is -1.32. The Bertz CT molecular complexity index is 379. The lowest BCUT2D eigenvalue weighted by Gasteiger charge is -2.28. The molecule has 82 valence electrons. The van der Waals surface area contributed by atoms with Crippen LogP contribution in [0, 0.1) is 6.92 Å². The number of hydrogen-bond donors (Lipinski definition) is 0. The number of fused-ring (bicyclic) bond motifs is 1. The van der Waals surface area contributed by atoms with Gasteiger partial charge in [-0.1, -0.05) is 0 Å². The number of benzene rings is 1. The molecule has 0 saturated carbocycles. The predicted molar refractivity (Wildman–Crippen MR) is 54.9 cm³/mol. The van der Waals surface area contributed by atoms with Crippen LogP contribution in [0.4, 0.5) is 14.5 Å². The molecule has 1 aliphatic heterocycles. The summed E-state index contributed by atoms with van der Waals surface area (Å²) in [5.74, 6) is 0.700. The van der Waals surface area contributed by atoms with Gasteiger partial charge in [0.25, 0.3) is 6.43 Å². The maximum atomic E-state index is 12.7. The third-order valence-electron chi connectivity index (χ3n) is 2.68. The molecule has 4 heteroatoms. The van der Waals surface area contributed by atoms with E-state index in [9.17, 15) is 8.78 Å². The normalized spacial score (nSPS) is 15.1. The van der Waals surface area contributed by atoms with E-state index in [-0.39, 0.29) is 5.56 Å². The quantitative estimate of drug-likeness (QED) is 0.711. The van der Waals surface area contributed by atoms with Gasteiger partial charge < -0.3 is 9.64 Å². The second kappa shape index (κ2) is 3.68. The molecule has 0 amide bonds. The Balaban J connectivity index is 2.50. The lowest BCUT2D eigenvalue weighted by atomic mass is 10.1. The lowest BCUT2D eigenvalue weighted by Crippen LogP contribution is -2.29. The third-order valence-corrected chi connectivity index (χ3v) is 2.68. The molecule has 0 bridgehead atoms. The summed E-state index contributed by atoms with van der Waals surface area (Å²) >= 11 is 0. The molecule has 1 aromatic rings. The van der Waals surface area contributed by atoms with E-state index in [1.807, 2.05) is 11.9 Å². The number of halogens is 2. The van der Waals surface area contributed by atoms with E-state index >= 15 is 0 Å². The third kappa shape index (κ3) is 1.76. The molecule has 0 fully saturated rings. The molecule has 0 aliphatic carbocycles. The average Bonchev–Trinajstić information content (AvgIpc) is 2.16. The topological polar surface area (TPSA) is 12.5 Å². The van der Waals surface area contributed by atoms with Gasteiger partial charge in [-0.2, -0.15) is 0 Å². The van der Waals surface area contributed by atoms with Gasteiger partial charge in [-0.3, -0.25) is 0 Å². The van der Waals surface area contributed by atoms with Crippen molar-refractivity contribution in [2.45, 2.75) is 13.3 Å². The zero-order valence-electron chi connectivity index (χ0n) is 8.76. The molecular weight excluding hydrogens is 200 g/mol. The van der Waals surface area contributed by atoms with Crippen molar-refractivity contribution < 1.29 is 13.5 Å². The number of anilines is 1. The lowest BCUT2D eigenvalue weighted by molar-refractivity contribution is 0.150. The summed E-state index contributed by atoms with van der Waals surface area (Å²) in [7, 11) is 1.88. The molecule has 2 rings (SSSR count). The van der Waals surface area contributed by atoms with Gasteiger partial charge >= 0.3 is 0 Å². The highest BCUT2D eigenvalue weighted by Crippen LogP contribution is 2.36. The van der Waals surface area contributed by atoms with Crippen LogP contribution in [0.15, 0.2) is 12.1 Å². The minimum atomic E-state index is -2.43. The van der Waals surface area contributed by atoms with Gasteiger partial charge in [0.15, 0.2) is 0 Å². The van der Waals surface area contributed by atoms with Crippen molar-refractivity contribution in [3.8, 4) is 5.75 Å². The predicted octanol–water partition coefficient (Wildman–Crippen LogP) is 2.76. The summed E-state index contributed by atoms with van der Waals surface area (Å²) in [6, 6.07) is 3.21. The van der Waals surface area contributed by atoms with Crippen molar-refractivity contribution >= 4 is 5.69 Å². The van der Waals surface area contributed by atoms with Gasteiger partial charge in [-0.25, -0.2) is 8.78 Å². The molecule has 1 aromatic carbocycles. The molecule has 0 atom stereocenters. The minimum Gasteiger partial charge on any atom is -0.490 e. The average molecular weight is 213 g/mol. The summed E-state index contributed by atoms with van der Waals surface area (Å²) in [4.78, 5) is 1.93. The fourth-order valence-electron chi connectivity index (χ4n) is 1.75. The molecule has 0 N–H and O–H groups in total. The van der Waals surface area contributed by atoms with E-state index in [0.29, 0.717) is 17.9 Å². The van der Waals surface area contributed by atoms with Crippen LogP contribution < -0.4 is 9.64 Å². The van der Waals surface area contributed by atoms with Gasteiger partial charge in [0.1, 0.15) is 12.4 Å². The second-order valence-electron chi connectivity index (χ2n) is 3.75.